The highest BCUT2D eigenvalue weighted by molar-refractivity contribution is 5.82. The SMILES string of the molecule is CCOc1nc(Nc2cnn([C@H]3CCNC(C(F)F)C3)c2C)nc2[nH]ccc12. The largest absolute Gasteiger partial charge is 0.477 e. The number of nitrogens with one attached hydrogen (secondary N) is 3. The maximum Gasteiger partial charge on any atom is 0.253 e. The second-order valence-corrected chi connectivity index (χ2v) is 6.81. The molecule has 0 spiro atoms. The fraction of sp³-hybridized carbons (Fsp3) is 0.500. The van der Waals surface area contributed by atoms with Crippen LogP contribution in [0.5, 0.6) is 5.88 Å². The predicted octanol–water partition coefficient (Wildman–Crippen LogP) is 3.16. The second-order valence-electron chi connectivity index (χ2n) is 6.81. The van der Waals surface area contributed by atoms with Crippen LogP contribution in [0.15, 0.2) is 18.5 Å². The Morgan fingerprint density at radius 2 is 2.25 bits per heavy atom. The molecule has 3 aromatic rings. The van der Waals surface area contributed by atoms with Crippen LogP contribution >= 0.6 is 0 Å². The van der Waals surface area contributed by atoms with E-state index in [2.05, 4.69) is 30.7 Å². The molecule has 0 aromatic carbocycles. The first-order valence-corrected chi connectivity index (χ1v) is 9.37. The lowest BCUT2D eigenvalue weighted by Gasteiger charge is -2.30. The second kappa shape index (κ2) is 7.70. The van der Waals surface area contributed by atoms with Crippen LogP contribution in [-0.2, 0) is 0 Å². The van der Waals surface area contributed by atoms with Crippen molar-refractivity contribution in [2.24, 2.45) is 0 Å². The van der Waals surface area contributed by atoms with Crippen LogP contribution in [0.2, 0.25) is 0 Å². The van der Waals surface area contributed by atoms with E-state index in [4.69, 9.17) is 4.74 Å². The molecule has 150 valence electrons. The van der Waals surface area contributed by atoms with Gasteiger partial charge in [-0.3, -0.25) is 4.68 Å². The van der Waals surface area contributed by atoms with Gasteiger partial charge in [0.15, 0.2) is 0 Å². The van der Waals surface area contributed by atoms with Crippen molar-refractivity contribution in [1.29, 1.82) is 0 Å². The van der Waals surface area contributed by atoms with E-state index in [0.717, 1.165) is 23.2 Å². The van der Waals surface area contributed by atoms with Crippen LogP contribution in [-0.4, -0.2) is 50.4 Å². The molecule has 1 fully saturated rings. The molecule has 1 aliphatic heterocycles. The molecule has 0 aliphatic carbocycles. The van der Waals surface area contributed by atoms with Gasteiger partial charge in [-0.05, 0) is 39.3 Å². The van der Waals surface area contributed by atoms with E-state index >= 15 is 0 Å². The Morgan fingerprint density at radius 3 is 3.04 bits per heavy atom. The molecule has 8 nitrogen and oxygen atoms in total. The lowest BCUT2D eigenvalue weighted by atomic mass is 9.99. The van der Waals surface area contributed by atoms with Crippen LogP contribution in [0, 0.1) is 6.92 Å². The number of hydrogen-bond acceptors (Lipinski definition) is 6. The summed E-state index contributed by atoms with van der Waals surface area (Å²) in [6.07, 6.45) is 2.18. The summed E-state index contributed by atoms with van der Waals surface area (Å²) in [4.78, 5) is 12.0. The number of aromatic nitrogens is 5. The number of anilines is 2. The van der Waals surface area contributed by atoms with Gasteiger partial charge in [-0.15, -0.1) is 0 Å². The van der Waals surface area contributed by atoms with E-state index in [-0.39, 0.29) is 6.04 Å². The molecule has 28 heavy (non-hydrogen) atoms. The summed E-state index contributed by atoms with van der Waals surface area (Å²) in [5, 5.41) is 11.3. The summed E-state index contributed by atoms with van der Waals surface area (Å²) in [6.45, 7) is 4.85. The van der Waals surface area contributed by atoms with Crippen LogP contribution in [0.4, 0.5) is 20.4 Å². The number of rotatable bonds is 6. The number of halogens is 2. The Labute approximate surface area is 160 Å². The Kier molecular flexibility index (Phi) is 5.12. The number of nitrogens with zero attached hydrogens (tertiary/aromatic N) is 4. The number of aromatic amines is 1. The number of alkyl halides is 2. The third-order valence-corrected chi connectivity index (χ3v) is 5.01. The van der Waals surface area contributed by atoms with Gasteiger partial charge in [0.05, 0.1) is 41.7 Å². The highest BCUT2D eigenvalue weighted by atomic mass is 19.3. The van der Waals surface area contributed by atoms with Crippen molar-refractivity contribution in [1.82, 2.24) is 30.0 Å². The van der Waals surface area contributed by atoms with Gasteiger partial charge in [0.25, 0.3) is 6.43 Å². The van der Waals surface area contributed by atoms with Crippen molar-refractivity contribution in [3.63, 3.8) is 0 Å². The minimum absolute atomic E-state index is 0.0680. The van der Waals surface area contributed by atoms with Gasteiger partial charge < -0.3 is 20.4 Å². The van der Waals surface area contributed by atoms with E-state index in [9.17, 15) is 8.78 Å². The quantitative estimate of drug-likeness (QED) is 0.598. The minimum atomic E-state index is -2.38. The molecule has 10 heteroatoms. The number of H-pyrrole nitrogens is 1. The minimum Gasteiger partial charge on any atom is -0.477 e. The smallest absolute Gasteiger partial charge is 0.253 e. The van der Waals surface area contributed by atoms with Gasteiger partial charge in [-0.2, -0.15) is 15.1 Å². The first kappa shape index (κ1) is 18.6. The zero-order valence-electron chi connectivity index (χ0n) is 15.7. The molecule has 0 amide bonds. The van der Waals surface area contributed by atoms with Crippen molar-refractivity contribution in [2.45, 2.75) is 45.2 Å². The van der Waals surface area contributed by atoms with Gasteiger partial charge >= 0.3 is 0 Å². The molecule has 2 atom stereocenters. The Morgan fingerprint density at radius 1 is 1.39 bits per heavy atom. The molecule has 1 aliphatic rings. The molecule has 0 saturated carbocycles. The third-order valence-electron chi connectivity index (χ3n) is 5.01. The maximum atomic E-state index is 13.1. The van der Waals surface area contributed by atoms with Crippen molar-refractivity contribution >= 4 is 22.7 Å². The Balaban J connectivity index is 1.57. The van der Waals surface area contributed by atoms with Crippen LogP contribution in [0.25, 0.3) is 11.0 Å². The maximum absolute atomic E-state index is 13.1. The average molecular weight is 391 g/mol. The van der Waals surface area contributed by atoms with Gasteiger partial charge in [-0.25, -0.2) is 8.78 Å². The molecule has 3 aromatic heterocycles. The van der Waals surface area contributed by atoms with E-state index in [1.54, 1.807) is 12.4 Å². The number of hydrogen-bond donors (Lipinski definition) is 3. The highest BCUT2D eigenvalue weighted by Crippen LogP contribution is 2.30. The third kappa shape index (κ3) is 3.51. The molecule has 4 rings (SSSR count). The van der Waals surface area contributed by atoms with Crippen molar-refractivity contribution in [2.75, 3.05) is 18.5 Å². The van der Waals surface area contributed by atoms with E-state index in [0.29, 0.717) is 37.0 Å². The molecular weight excluding hydrogens is 368 g/mol. The first-order valence-electron chi connectivity index (χ1n) is 9.37. The molecule has 3 N–H and O–H groups in total. The zero-order valence-corrected chi connectivity index (χ0v) is 15.7. The summed E-state index contributed by atoms with van der Waals surface area (Å²) in [5.74, 6) is 0.885. The van der Waals surface area contributed by atoms with Crippen LogP contribution in [0.1, 0.15) is 31.5 Å². The lowest BCUT2D eigenvalue weighted by molar-refractivity contribution is 0.0716. The predicted molar refractivity (Wildman–Crippen MR) is 101 cm³/mol. The zero-order chi connectivity index (χ0) is 19.7. The van der Waals surface area contributed by atoms with E-state index < -0.39 is 12.5 Å². The topological polar surface area (TPSA) is 92.7 Å². The molecule has 1 saturated heterocycles. The fourth-order valence-corrected chi connectivity index (χ4v) is 3.59. The number of fused-ring (bicyclic) bond motifs is 1. The average Bonchev–Trinajstić information content (AvgIpc) is 3.29. The Hall–Kier alpha value is -2.75. The molecule has 0 bridgehead atoms. The first-order chi connectivity index (χ1) is 13.6. The monoisotopic (exact) mass is 391 g/mol. The normalized spacial score (nSPS) is 20.0. The molecule has 0 radical (unpaired) electrons. The van der Waals surface area contributed by atoms with Crippen molar-refractivity contribution in [3.8, 4) is 5.88 Å². The number of piperidine rings is 1. The van der Waals surface area contributed by atoms with Gasteiger partial charge in [0.2, 0.25) is 11.8 Å². The molecular formula is C18H23F2N7O. The standard InChI is InChI=1S/C18H23F2N7O/c1-3-28-17-12-5-7-22-16(12)25-18(26-17)24-14-9-23-27(10(14)2)11-4-6-21-13(8-11)15(19)20/h5,7,9,11,13,15,21H,3-4,6,8H2,1-2H3,(H2,22,24,25,26)/t11-,13?/m0/s1. The van der Waals surface area contributed by atoms with Crippen LogP contribution in [0.3, 0.4) is 0 Å². The van der Waals surface area contributed by atoms with Gasteiger partial charge in [-0.1, -0.05) is 0 Å². The summed E-state index contributed by atoms with van der Waals surface area (Å²) in [6, 6.07) is 0.997. The fourth-order valence-electron chi connectivity index (χ4n) is 3.59. The Bertz CT molecular complexity index is 955. The van der Waals surface area contributed by atoms with Gasteiger partial charge in [0, 0.05) is 6.20 Å². The molecule has 4 heterocycles. The van der Waals surface area contributed by atoms with Crippen molar-refractivity contribution in [3.05, 3.63) is 24.2 Å². The van der Waals surface area contributed by atoms with E-state index in [1.807, 2.05) is 24.6 Å². The van der Waals surface area contributed by atoms with Crippen molar-refractivity contribution < 1.29 is 13.5 Å². The summed E-state index contributed by atoms with van der Waals surface area (Å²) in [7, 11) is 0. The summed E-state index contributed by atoms with van der Waals surface area (Å²) < 4.78 is 33.6. The summed E-state index contributed by atoms with van der Waals surface area (Å²) in [5.41, 5.74) is 2.26. The lowest BCUT2D eigenvalue weighted by Crippen LogP contribution is -2.43. The summed E-state index contributed by atoms with van der Waals surface area (Å²) >= 11 is 0. The highest BCUT2D eigenvalue weighted by Gasteiger charge is 2.30. The van der Waals surface area contributed by atoms with E-state index in [1.165, 1.54) is 0 Å². The number of ether oxygens (including phenoxy) is 1. The van der Waals surface area contributed by atoms with Crippen LogP contribution < -0.4 is 15.4 Å². The molecule has 1 unspecified atom stereocenters. The van der Waals surface area contributed by atoms with Gasteiger partial charge in [0.1, 0.15) is 5.65 Å².